The molecular weight excluding hydrogens is 270 g/mol. The molecule has 1 heterocycles. The standard InChI is InChI=1S/C16H21NO4/c1-4-21-15(19)16(2)9-10-17(14(16)18)11-12-5-7-13(20-3)8-6-12/h5-8H,4,9-11H2,1-3H3. The van der Waals surface area contributed by atoms with Gasteiger partial charge in [0.25, 0.3) is 0 Å². The fourth-order valence-corrected chi connectivity index (χ4v) is 2.50. The molecule has 0 aliphatic carbocycles. The van der Waals surface area contributed by atoms with Crippen LogP contribution < -0.4 is 4.74 Å². The SMILES string of the molecule is CCOC(=O)C1(C)CCN(Cc2ccc(OC)cc2)C1=O. The summed E-state index contributed by atoms with van der Waals surface area (Å²) in [6, 6.07) is 7.57. The van der Waals surface area contributed by atoms with Crippen LogP contribution in [0.15, 0.2) is 24.3 Å². The molecule has 2 rings (SSSR count). The second-order valence-electron chi connectivity index (χ2n) is 5.38. The molecule has 1 amide bonds. The Bertz CT molecular complexity index is 526. The Morgan fingerprint density at radius 1 is 1.33 bits per heavy atom. The molecule has 0 spiro atoms. The second kappa shape index (κ2) is 6.16. The molecule has 0 radical (unpaired) electrons. The van der Waals surface area contributed by atoms with Gasteiger partial charge in [-0.15, -0.1) is 0 Å². The van der Waals surface area contributed by atoms with Crippen LogP contribution in [0, 0.1) is 5.41 Å². The highest BCUT2D eigenvalue weighted by atomic mass is 16.5. The van der Waals surface area contributed by atoms with E-state index in [0.717, 1.165) is 11.3 Å². The first-order chi connectivity index (χ1) is 10.0. The number of carbonyl (C=O) groups is 2. The van der Waals surface area contributed by atoms with E-state index < -0.39 is 11.4 Å². The molecule has 1 aliphatic heterocycles. The van der Waals surface area contributed by atoms with E-state index in [4.69, 9.17) is 9.47 Å². The van der Waals surface area contributed by atoms with Gasteiger partial charge in [-0.1, -0.05) is 12.1 Å². The third kappa shape index (κ3) is 3.01. The smallest absolute Gasteiger partial charge is 0.321 e. The highest BCUT2D eigenvalue weighted by Gasteiger charge is 2.49. The third-order valence-corrected chi connectivity index (χ3v) is 3.90. The largest absolute Gasteiger partial charge is 0.497 e. The van der Waals surface area contributed by atoms with Crippen molar-refractivity contribution in [2.75, 3.05) is 20.3 Å². The molecule has 1 aromatic rings. The van der Waals surface area contributed by atoms with Crippen molar-refractivity contribution in [2.45, 2.75) is 26.8 Å². The summed E-state index contributed by atoms with van der Waals surface area (Å²) in [6.45, 7) is 4.77. The van der Waals surface area contributed by atoms with Crippen LogP contribution in [0.25, 0.3) is 0 Å². The van der Waals surface area contributed by atoms with Gasteiger partial charge >= 0.3 is 5.97 Å². The minimum absolute atomic E-state index is 0.156. The predicted octanol–water partition coefficient (Wildman–Crippen LogP) is 2.00. The molecule has 0 N–H and O–H groups in total. The Morgan fingerprint density at radius 2 is 2.00 bits per heavy atom. The minimum atomic E-state index is -1.04. The van der Waals surface area contributed by atoms with Crippen LogP contribution in [-0.4, -0.2) is 37.0 Å². The maximum Gasteiger partial charge on any atom is 0.321 e. The monoisotopic (exact) mass is 291 g/mol. The number of benzene rings is 1. The van der Waals surface area contributed by atoms with Crippen LogP contribution in [0.1, 0.15) is 25.8 Å². The summed E-state index contributed by atoms with van der Waals surface area (Å²) in [4.78, 5) is 26.2. The number of carbonyl (C=O) groups excluding carboxylic acids is 2. The Balaban J connectivity index is 2.05. The maximum absolute atomic E-state index is 12.5. The first kappa shape index (κ1) is 15.4. The Labute approximate surface area is 124 Å². The number of ether oxygens (including phenoxy) is 2. The lowest BCUT2D eigenvalue weighted by Gasteiger charge is -2.21. The lowest BCUT2D eigenvalue weighted by molar-refractivity contribution is -0.159. The average molecular weight is 291 g/mol. The summed E-state index contributed by atoms with van der Waals surface area (Å²) in [5, 5.41) is 0. The quantitative estimate of drug-likeness (QED) is 0.615. The molecule has 1 atom stereocenters. The van der Waals surface area contributed by atoms with Crippen LogP contribution in [0.5, 0.6) is 5.75 Å². The molecule has 1 unspecified atom stereocenters. The highest BCUT2D eigenvalue weighted by Crippen LogP contribution is 2.33. The normalized spacial score (nSPS) is 21.5. The molecule has 5 heteroatoms. The summed E-state index contributed by atoms with van der Waals surface area (Å²) in [5.41, 5.74) is -0.0279. The van der Waals surface area contributed by atoms with Gasteiger partial charge in [0.05, 0.1) is 13.7 Å². The van der Waals surface area contributed by atoms with Crippen molar-refractivity contribution in [3.05, 3.63) is 29.8 Å². The van der Waals surface area contributed by atoms with Crippen LogP contribution in [0.3, 0.4) is 0 Å². The van der Waals surface area contributed by atoms with E-state index in [9.17, 15) is 9.59 Å². The maximum atomic E-state index is 12.5. The minimum Gasteiger partial charge on any atom is -0.497 e. The van der Waals surface area contributed by atoms with E-state index in [1.54, 1.807) is 25.9 Å². The van der Waals surface area contributed by atoms with Gasteiger partial charge in [0.2, 0.25) is 5.91 Å². The number of likely N-dealkylation sites (tertiary alicyclic amines) is 1. The Kier molecular flexibility index (Phi) is 4.50. The molecule has 21 heavy (non-hydrogen) atoms. The van der Waals surface area contributed by atoms with Gasteiger partial charge < -0.3 is 14.4 Å². The summed E-state index contributed by atoms with van der Waals surface area (Å²) in [5.74, 6) is 0.201. The van der Waals surface area contributed by atoms with E-state index in [1.807, 2.05) is 24.3 Å². The summed E-state index contributed by atoms with van der Waals surface area (Å²) >= 11 is 0. The number of amides is 1. The van der Waals surface area contributed by atoms with Gasteiger partial charge in [-0.25, -0.2) is 0 Å². The van der Waals surface area contributed by atoms with Crippen molar-refractivity contribution < 1.29 is 19.1 Å². The molecule has 1 aliphatic rings. The molecule has 5 nitrogen and oxygen atoms in total. The number of methoxy groups -OCH3 is 1. The average Bonchev–Trinajstić information content (AvgIpc) is 2.78. The lowest BCUT2D eigenvalue weighted by atomic mass is 9.89. The number of esters is 1. The summed E-state index contributed by atoms with van der Waals surface area (Å²) in [6.07, 6.45) is 0.501. The summed E-state index contributed by atoms with van der Waals surface area (Å²) < 4.78 is 10.1. The zero-order chi connectivity index (χ0) is 15.5. The van der Waals surface area contributed by atoms with Gasteiger partial charge in [0.15, 0.2) is 0 Å². The number of nitrogens with zero attached hydrogens (tertiary/aromatic N) is 1. The molecule has 0 aromatic heterocycles. The van der Waals surface area contributed by atoms with Crippen molar-refractivity contribution in [1.29, 1.82) is 0 Å². The molecular formula is C16H21NO4. The zero-order valence-electron chi connectivity index (χ0n) is 12.7. The first-order valence-corrected chi connectivity index (χ1v) is 7.11. The van der Waals surface area contributed by atoms with Gasteiger partial charge in [0.1, 0.15) is 11.2 Å². The molecule has 1 fully saturated rings. The third-order valence-electron chi connectivity index (χ3n) is 3.90. The van der Waals surface area contributed by atoms with Gasteiger partial charge in [-0.2, -0.15) is 0 Å². The van der Waals surface area contributed by atoms with Crippen molar-refractivity contribution in [3.63, 3.8) is 0 Å². The Morgan fingerprint density at radius 3 is 2.57 bits per heavy atom. The highest BCUT2D eigenvalue weighted by molar-refractivity contribution is 6.03. The fraction of sp³-hybridized carbons (Fsp3) is 0.500. The predicted molar refractivity (Wildman–Crippen MR) is 77.8 cm³/mol. The number of hydrogen-bond donors (Lipinski definition) is 0. The van der Waals surface area contributed by atoms with Gasteiger partial charge in [0, 0.05) is 13.1 Å². The van der Waals surface area contributed by atoms with E-state index in [0.29, 0.717) is 26.1 Å². The summed E-state index contributed by atoms with van der Waals surface area (Å²) in [7, 11) is 1.61. The lowest BCUT2D eigenvalue weighted by Crippen LogP contribution is -2.39. The Hall–Kier alpha value is -2.04. The van der Waals surface area contributed by atoms with Crippen molar-refractivity contribution in [2.24, 2.45) is 5.41 Å². The zero-order valence-corrected chi connectivity index (χ0v) is 12.7. The number of rotatable bonds is 5. The van der Waals surface area contributed by atoms with Crippen molar-refractivity contribution in [3.8, 4) is 5.75 Å². The molecule has 1 saturated heterocycles. The van der Waals surface area contributed by atoms with E-state index >= 15 is 0 Å². The van der Waals surface area contributed by atoms with Gasteiger partial charge in [-0.3, -0.25) is 9.59 Å². The fourth-order valence-electron chi connectivity index (χ4n) is 2.50. The molecule has 1 aromatic carbocycles. The molecule has 114 valence electrons. The van der Waals surface area contributed by atoms with E-state index in [-0.39, 0.29) is 5.91 Å². The van der Waals surface area contributed by atoms with E-state index in [2.05, 4.69) is 0 Å². The van der Waals surface area contributed by atoms with E-state index in [1.165, 1.54) is 0 Å². The van der Waals surface area contributed by atoms with Crippen molar-refractivity contribution >= 4 is 11.9 Å². The molecule has 0 bridgehead atoms. The van der Waals surface area contributed by atoms with Gasteiger partial charge in [-0.05, 0) is 38.0 Å². The topological polar surface area (TPSA) is 55.8 Å². The number of hydrogen-bond acceptors (Lipinski definition) is 4. The van der Waals surface area contributed by atoms with Crippen LogP contribution in [0.4, 0.5) is 0 Å². The van der Waals surface area contributed by atoms with Crippen molar-refractivity contribution in [1.82, 2.24) is 4.90 Å². The second-order valence-corrected chi connectivity index (χ2v) is 5.38. The first-order valence-electron chi connectivity index (χ1n) is 7.11. The van der Waals surface area contributed by atoms with Crippen LogP contribution in [-0.2, 0) is 20.9 Å². The van der Waals surface area contributed by atoms with Crippen LogP contribution >= 0.6 is 0 Å². The van der Waals surface area contributed by atoms with Crippen LogP contribution in [0.2, 0.25) is 0 Å². The molecule has 0 saturated carbocycles.